The van der Waals surface area contributed by atoms with Crippen LogP contribution in [0, 0.1) is 0 Å². The second kappa shape index (κ2) is 6.94. The first kappa shape index (κ1) is 14.4. The molecule has 3 nitrogen and oxygen atoms in total. The van der Waals surface area contributed by atoms with E-state index in [9.17, 15) is 0 Å². The zero-order valence-corrected chi connectivity index (χ0v) is 12.4. The van der Waals surface area contributed by atoms with E-state index in [1.54, 1.807) is 0 Å². The molecule has 20 heavy (non-hydrogen) atoms. The van der Waals surface area contributed by atoms with E-state index in [1.807, 2.05) is 37.4 Å². The van der Waals surface area contributed by atoms with Crippen molar-refractivity contribution in [2.45, 2.75) is 32.8 Å². The Morgan fingerprint density at radius 2 is 1.90 bits per heavy atom. The fraction of sp³-hybridized carbons (Fsp3) is 0.353. The standard InChI is InChI=1S/C17H22N2O/c1-4-13(2)14-8-10-16(11-9-14)20-12-15-6-5-7-17(18-3)19-15/h5-11,13H,4,12H2,1-3H3,(H,18,19). The summed E-state index contributed by atoms with van der Waals surface area (Å²) in [5.74, 6) is 2.34. The summed E-state index contributed by atoms with van der Waals surface area (Å²) in [6.07, 6.45) is 1.15. The van der Waals surface area contributed by atoms with Crippen molar-refractivity contribution in [3.63, 3.8) is 0 Å². The maximum Gasteiger partial charge on any atom is 0.130 e. The molecule has 2 rings (SSSR count). The minimum absolute atomic E-state index is 0.484. The van der Waals surface area contributed by atoms with Gasteiger partial charge in [0.05, 0.1) is 5.69 Å². The van der Waals surface area contributed by atoms with Crippen LogP contribution < -0.4 is 10.1 Å². The minimum Gasteiger partial charge on any atom is -0.487 e. The topological polar surface area (TPSA) is 34.1 Å². The molecule has 106 valence electrons. The molecule has 0 aliphatic carbocycles. The molecule has 1 unspecified atom stereocenters. The SMILES string of the molecule is CCC(C)c1ccc(OCc2cccc(NC)n2)cc1. The fourth-order valence-electron chi connectivity index (χ4n) is 1.98. The smallest absolute Gasteiger partial charge is 0.130 e. The number of pyridine rings is 1. The molecule has 1 aromatic carbocycles. The van der Waals surface area contributed by atoms with E-state index in [0.29, 0.717) is 12.5 Å². The first-order valence-corrected chi connectivity index (χ1v) is 7.09. The fourth-order valence-corrected chi connectivity index (χ4v) is 1.98. The van der Waals surface area contributed by atoms with Gasteiger partial charge in [-0.3, -0.25) is 0 Å². The Morgan fingerprint density at radius 1 is 1.15 bits per heavy atom. The highest BCUT2D eigenvalue weighted by Gasteiger charge is 2.03. The molecule has 0 bridgehead atoms. The second-order valence-electron chi connectivity index (χ2n) is 4.93. The van der Waals surface area contributed by atoms with Crippen LogP contribution in [0.1, 0.15) is 37.4 Å². The summed E-state index contributed by atoms with van der Waals surface area (Å²) in [6, 6.07) is 14.2. The van der Waals surface area contributed by atoms with Crippen LogP contribution in [-0.4, -0.2) is 12.0 Å². The van der Waals surface area contributed by atoms with Gasteiger partial charge in [0.25, 0.3) is 0 Å². The molecule has 0 radical (unpaired) electrons. The van der Waals surface area contributed by atoms with E-state index < -0.39 is 0 Å². The number of hydrogen-bond acceptors (Lipinski definition) is 3. The molecule has 0 saturated heterocycles. The van der Waals surface area contributed by atoms with Gasteiger partial charge < -0.3 is 10.1 Å². The van der Waals surface area contributed by atoms with Crippen LogP contribution >= 0.6 is 0 Å². The average molecular weight is 270 g/mol. The average Bonchev–Trinajstić information content (AvgIpc) is 2.53. The second-order valence-corrected chi connectivity index (χ2v) is 4.93. The Kier molecular flexibility index (Phi) is 4.99. The van der Waals surface area contributed by atoms with E-state index in [-0.39, 0.29) is 0 Å². The lowest BCUT2D eigenvalue weighted by Gasteiger charge is -2.11. The molecule has 2 aromatic rings. The van der Waals surface area contributed by atoms with Gasteiger partial charge in [0.2, 0.25) is 0 Å². The van der Waals surface area contributed by atoms with Crippen LogP contribution in [0.25, 0.3) is 0 Å². The molecule has 0 fully saturated rings. The van der Waals surface area contributed by atoms with Crippen LogP contribution in [0.15, 0.2) is 42.5 Å². The Balaban J connectivity index is 1.96. The number of nitrogens with zero attached hydrogens (tertiary/aromatic N) is 1. The third-order valence-electron chi connectivity index (χ3n) is 3.51. The van der Waals surface area contributed by atoms with Crippen molar-refractivity contribution < 1.29 is 4.74 Å². The monoisotopic (exact) mass is 270 g/mol. The summed E-state index contributed by atoms with van der Waals surface area (Å²) in [5.41, 5.74) is 2.28. The summed E-state index contributed by atoms with van der Waals surface area (Å²) < 4.78 is 5.77. The van der Waals surface area contributed by atoms with Crippen molar-refractivity contribution in [3.8, 4) is 5.75 Å². The quantitative estimate of drug-likeness (QED) is 0.853. The van der Waals surface area contributed by atoms with E-state index in [1.165, 1.54) is 5.56 Å². The van der Waals surface area contributed by atoms with Crippen LogP contribution in [0.4, 0.5) is 5.82 Å². The lowest BCUT2D eigenvalue weighted by atomic mass is 9.99. The molecular weight excluding hydrogens is 248 g/mol. The zero-order chi connectivity index (χ0) is 14.4. The van der Waals surface area contributed by atoms with Gasteiger partial charge >= 0.3 is 0 Å². The highest BCUT2D eigenvalue weighted by atomic mass is 16.5. The normalized spacial score (nSPS) is 11.9. The van der Waals surface area contributed by atoms with Crippen LogP contribution in [0.5, 0.6) is 5.75 Å². The number of nitrogens with one attached hydrogen (secondary N) is 1. The Labute approximate surface area is 121 Å². The molecule has 0 spiro atoms. The lowest BCUT2D eigenvalue weighted by molar-refractivity contribution is 0.301. The van der Waals surface area contributed by atoms with Gasteiger partial charge in [0.1, 0.15) is 18.2 Å². The van der Waals surface area contributed by atoms with Gasteiger partial charge in [0.15, 0.2) is 0 Å². The number of rotatable bonds is 6. The van der Waals surface area contributed by atoms with E-state index in [2.05, 4.69) is 36.3 Å². The van der Waals surface area contributed by atoms with Gasteiger partial charge in [-0.1, -0.05) is 32.0 Å². The largest absolute Gasteiger partial charge is 0.487 e. The van der Waals surface area contributed by atoms with Crippen molar-refractivity contribution in [1.82, 2.24) is 4.98 Å². The summed E-state index contributed by atoms with van der Waals surface area (Å²) in [5, 5.41) is 3.03. The molecule has 1 atom stereocenters. The van der Waals surface area contributed by atoms with Crippen molar-refractivity contribution in [2.24, 2.45) is 0 Å². The molecule has 3 heteroatoms. The minimum atomic E-state index is 0.484. The van der Waals surface area contributed by atoms with Gasteiger partial charge in [-0.2, -0.15) is 0 Å². The molecular formula is C17H22N2O. The van der Waals surface area contributed by atoms with Crippen LogP contribution in [-0.2, 0) is 6.61 Å². The molecule has 1 N–H and O–H groups in total. The number of benzene rings is 1. The Morgan fingerprint density at radius 3 is 2.55 bits per heavy atom. The highest BCUT2D eigenvalue weighted by Crippen LogP contribution is 2.22. The van der Waals surface area contributed by atoms with E-state index in [4.69, 9.17) is 4.74 Å². The molecule has 0 amide bonds. The molecule has 0 saturated carbocycles. The highest BCUT2D eigenvalue weighted by molar-refractivity contribution is 5.34. The van der Waals surface area contributed by atoms with Gasteiger partial charge in [-0.15, -0.1) is 0 Å². The van der Waals surface area contributed by atoms with E-state index >= 15 is 0 Å². The molecule has 0 aliphatic rings. The van der Waals surface area contributed by atoms with Crippen molar-refractivity contribution >= 4 is 5.82 Å². The number of hydrogen-bond donors (Lipinski definition) is 1. The number of aromatic nitrogens is 1. The van der Waals surface area contributed by atoms with Crippen molar-refractivity contribution in [2.75, 3.05) is 12.4 Å². The summed E-state index contributed by atoms with van der Waals surface area (Å²) in [7, 11) is 1.86. The van der Waals surface area contributed by atoms with Crippen LogP contribution in [0.3, 0.4) is 0 Å². The summed E-state index contributed by atoms with van der Waals surface area (Å²) >= 11 is 0. The van der Waals surface area contributed by atoms with E-state index in [0.717, 1.165) is 23.7 Å². The third kappa shape index (κ3) is 3.73. The Bertz CT molecular complexity index is 537. The maximum atomic E-state index is 5.77. The molecule has 1 aromatic heterocycles. The van der Waals surface area contributed by atoms with Gasteiger partial charge in [-0.05, 0) is 42.2 Å². The zero-order valence-electron chi connectivity index (χ0n) is 12.4. The molecule has 0 aliphatic heterocycles. The maximum absolute atomic E-state index is 5.77. The first-order chi connectivity index (χ1) is 9.72. The number of anilines is 1. The predicted octanol–water partition coefficient (Wildman–Crippen LogP) is 4.22. The summed E-state index contributed by atoms with van der Waals surface area (Å²) in [6.45, 7) is 4.93. The third-order valence-corrected chi connectivity index (χ3v) is 3.51. The van der Waals surface area contributed by atoms with Gasteiger partial charge in [0, 0.05) is 7.05 Å². The predicted molar refractivity (Wildman–Crippen MR) is 83.3 cm³/mol. The van der Waals surface area contributed by atoms with Crippen molar-refractivity contribution in [3.05, 3.63) is 53.7 Å². The summed E-state index contributed by atoms with van der Waals surface area (Å²) in [4.78, 5) is 4.43. The van der Waals surface area contributed by atoms with Gasteiger partial charge in [-0.25, -0.2) is 4.98 Å². The first-order valence-electron chi connectivity index (χ1n) is 7.09. The lowest BCUT2D eigenvalue weighted by Crippen LogP contribution is -2.01. The van der Waals surface area contributed by atoms with Crippen molar-refractivity contribution in [1.29, 1.82) is 0 Å². The molecule has 1 heterocycles. The number of ether oxygens (including phenoxy) is 1. The van der Waals surface area contributed by atoms with Crippen LogP contribution in [0.2, 0.25) is 0 Å². The Hall–Kier alpha value is -2.03.